The number of aromatic nitrogens is 1. The molecule has 2 bridgehead atoms. The lowest BCUT2D eigenvalue weighted by atomic mass is 9.96. The number of alkyl halides is 3. The largest absolute Gasteiger partial charge is 0.492 e. The van der Waals surface area contributed by atoms with Crippen molar-refractivity contribution in [3.63, 3.8) is 0 Å². The molecule has 2 saturated heterocycles. The summed E-state index contributed by atoms with van der Waals surface area (Å²) in [7, 11) is 0. The van der Waals surface area contributed by atoms with Crippen LogP contribution < -0.4 is 10.5 Å². The van der Waals surface area contributed by atoms with Crippen LogP contribution in [0.1, 0.15) is 59.1 Å². The van der Waals surface area contributed by atoms with E-state index in [0.717, 1.165) is 36.5 Å². The summed E-state index contributed by atoms with van der Waals surface area (Å²) in [4.78, 5) is 20.9. The van der Waals surface area contributed by atoms with E-state index in [1.54, 1.807) is 4.90 Å². The number of hydrogen-bond acceptors (Lipinski definition) is 5. The summed E-state index contributed by atoms with van der Waals surface area (Å²) in [6.07, 6.45) is -2.89. The van der Waals surface area contributed by atoms with Gasteiger partial charge in [-0.25, -0.2) is 0 Å². The molecular formula is C25H31F3N4O2. The first-order valence-electron chi connectivity index (χ1n) is 11.6. The second kappa shape index (κ2) is 9.19. The molecule has 3 heterocycles. The number of piperazine rings is 1. The fourth-order valence-electron chi connectivity index (χ4n) is 5.08. The van der Waals surface area contributed by atoms with Gasteiger partial charge in [-0.2, -0.15) is 13.2 Å². The maximum atomic E-state index is 12.9. The Balaban J connectivity index is 1.43. The molecule has 0 aliphatic carbocycles. The number of halogens is 3. The number of hydrogen-bond donors (Lipinski definition) is 1. The number of amides is 1. The van der Waals surface area contributed by atoms with E-state index >= 15 is 0 Å². The predicted octanol–water partition coefficient (Wildman–Crippen LogP) is 4.10. The van der Waals surface area contributed by atoms with Crippen molar-refractivity contribution in [2.24, 2.45) is 5.73 Å². The van der Waals surface area contributed by atoms with Gasteiger partial charge in [-0.15, -0.1) is 0 Å². The van der Waals surface area contributed by atoms with Gasteiger partial charge >= 0.3 is 6.18 Å². The van der Waals surface area contributed by atoms with Crippen LogP contribution in [0.3, 0.4) is 0 Å². The molecule has 0 radical (unpaired) electrons. The van der Waals surface area contributed by atoms with E-state index in [9.17, 15) is 18.0 Å². The third-order valence-electron chi connectivity index (χ3n) is 7.08. The second-order valence-corrected chi connectivity index (χ2v) is 9.49. The quantitative estimate of drug-likeness (QED) is 0.680. The normalized spacial score (nSPS) is 22.2. The average molecular weight is 477 g/mol. The molecule has 2 fully saturated rings. The molecule has 1 amide bonds. The summed E-state index contributed by atoms with van der Waals surface area (Å²) in [6.45, 7) is 9.96. The SMILES string of the molecule is Cc1c(OC[C@@H](C)N)ccc([C@H](C)N2C[C@H]3C[C@@H]2CN3C(=O)c2ccc(C(F)(F)F)cn2)c1C. The van der Waals surface area contributed by atoms with Crippen molar-refractivity contribution in [3.05, 3.63) is 58.4 Å². The van der Waals surface area contributed by atoms with Gasteiger partial charge < -0.3 is 15.4 Å². The van der Waals surface area contributed by atoms with Crippen LogP contribution in [0, 0.1) is 13.8 Å². The third-order valence-corrected chi connectivity index (χ3v) is 7.08. The van der Waals surface area contributed by atoms with Gasteiger partial charge in [0.25, 0.3) is 5.91 Å². The van der Waals surface area contributed by atoms with Crippen molar-refractivity contribution >= 4 is 5.91 Å². The average Bonchev–Trinajstić information content (AvgIpc) is 3.40. The fraction of sp³-hybridized carbons (Fsp3) is 0.520. The molecule has 0 spiro atoms. The van der Waals surface area contributed by atoms with Crippen molar-refractivity contribution in [3.8, 4) is 5.75 Å². The lowest BCUT2D eigenvalue weighted by molar-refractivity contribution is -0.137. The first-order valence-corrected chi connectivity index (χ1v) is 11.6. The molecule has 2 aromatic rings. The number of ether oxygens (including phenoxy) is 1. The molecule has 0 saturated carbocycles. The number of rotatable bonds is 6. The summed E-state index contributed by atoms with van der Waals surface area (Å²) in [6, 6.07) is 6.53. The molecule has 2 aliphatic rings. The van der Waals surface area contributed by atoms with Gasteiger partial charge in [0, 0.05) is 43.5 Å². The van der Waals surface area contributed by atoms with Crippen LogP contribution in [-0.2, 0) is 6.18 Å². The predicted molar refractivity (Wildman–Crippen MR) is 123 cm³/mol. The molecule has 4 rings (SSSR count). The van der Waals surface area contributed by atoms with Gasteiger partial charge in [-0.3, -0.25) is 14.7 Å². The minimum Gasteiger partial charge on any atom is -0.492 e. The van der Waals surface area contributed by atoms with Crippen LogP contribution in [0.15, 0.2) is 30.5 Å². The van der Waals surface area contributed by atoms with E-state index in [0.29, 0.717) is 13.2 Å². The number of carbonyl (C=O) groups is 1. The molecule has 184 valence electrons. The Labute approximate surface area is 197 Å². The Morgan fingerprint density at radius 1 is 1.15 bits per heavy atom. The lowest BCUT2D eigenvalue weighted by Gasteiger charge is -2.38. The van der Waals surface area contributed by atoms with E-state index in [1.165, 1.54) is 17.2 Å². The molecule has 2 N–H and O–H groups in total. The van der Waals surface area contributed by atoms with Gasteiger partial charge in [-0.1, -0.05) is 6.07 Å². The second-order valence-electron chi connectivity index (χ2n) is 9.49. The van der Waals surface area contributed by atoms with Gasteiger partial charge in [0.2, 0.25) is 0 Å². The Morgan fingerprint density at radius 2 is 1.88 bits per heavy atom. The summed E-state index contributed by atoms with van der Waals surface area (Å²) >= 11 is 0. The minimum absolute atomic E-state index is 0.0269. The standard InChI is InChI=1S/C25H31F3N4O2/c1-14(29)13-34-23-8-6-21(15(2)16(23)3)17(4)31-11-20-9-19(31)12-32(20)24(33)22-7-5-18(10-30-22)25(26,27)28/h5-8,10,14,17,19-20H,9,11-13,29H2,1-4H3/t14-,17+,19-,20-/m1/s1. The summed E-state index contributed by atoms with van der Waals surface area (Å²) < 4.78 is 44.2. The van der Waals surface area contributed by atoms with Gasteiger partial charge in [0.15, 0.2) is 0 Å². The monoisotopic (exact) mass is 476 g/mol. The highest BCUT2D eigenvalue weighted by Crippen LogP contribution is 2.39. The maximum absolute atomic E-state index is 12.9. The van der Waals surface area contributed by atoms with Gasteiger partial charge in [-0.05, 0) is 69.0 Å². The van der Waals surface area contributed by atoms with Crippen molar-refractivity contribution in [2.45, 2.75) is 64.5 Å². The van der Waals surface area contributed by atoms with Crippen LogP contribution in [0.25, 0.3) is 0 Å². The lowest BCUT2D eigenvalue weighted by Crippen LogP contribution is -2.49. The topological polar surface area (TPSA) is 71.7 Å². The van der Waals surface area contributed by atoms with Gasteiger partial charge in [0.05, 0.1) is 5.56 Å². The summed E-state index contributed by atoms with van der Waals surface area (Å²) in [5.41, 5.74) is 8.50. The highest BCUT2D eigenvalue weighted by atomic mass is 19.4. The Morgan fingerprint density at radius 3 is 2.44 bits per heavy atom. The van der Waals surface area contributed by atoms with E-state index < -0.39 is 11.7 Å². The Kier molecular flexibility index (Phi) is 6.61. The first kappa shape index (κ1) is 24.5. The number of benzene rings is 1. The number of carbonyl (C=O) groups excluding carboxylic acids is 1. The van der Waals surface area contributed by atoms with Gasteiger partial charge in [0.1, 0.15) is 18.1 Å². The van der Waals surface area contributed by atoms with Crippen molar-refractivity contribution in [1.29, 1.82) is 0 Å². The summed E-state index contributed by atoms with van der Waals surface area (Å²) in [5, 5.41) is 0. The van der Waals surface area contributed by atoms with Crippen LogP contribution in [-0.4, -0.2) is 58.5 Å². The maximum Gasteiger partial charge on any atom is 0.417 e. The van der Waals surface area contributed by atoms with E-state index in [2.05, 4.69) is 36.7 Å². The van der Waals surface area contributed by atoms with Crippen molar-refractivity contribution in [2.75, 3.05) is 19.7 Å². The number of likely N-dealkylation sites (tertiary alicyclic amines) is 2. The molecule has 4 atom stereocenters. The zero-order chi connectivity index (χ0) is 24.8. The van der Waals surface area contributed by atoms with Crippen LogP contribution >= 0.6 is 0 Å². The fourth-order valence-corrected chi connectivity index (χ4v) is 5.08. The third kappa shape index (κ3) is 4.63. The van der Waals surface area contributed by atoms with Crippen LogP contribution in [0.4, 0.5) is 13.2 Å². The first-order chi connectivity index (χ1) is 16.0. The molecule has 1 aromatic carbocycles. The van der Waals surface area contributed by atoms with E-state index in [4.69, 9.17) is 10.5 Å². The molecule has 34 heavy (non-hydrogen) atoms. The number of fused-ring (bicyclic) bond motifs is 2. The van der Waals surface area contributed by atoms with E-state index in [1.807, 2.05) is 13.0 Å². The number of pyridine rings is 1. The summed E-state index contributed by atoms with van der Waals surface area (Å²) in [5.74, 6) is 0.533. The highest BCUT2D eigenvalue weighted by molar-refractivity contribution is 5.93. The highest BCUT2D eigenvalue weighted by Gasteiger charge is 2.47. The zero-order valence-electron chi connectivity index (χ0n) is 19.9. The van der Waals surface area contributed by atoms with Crippen molar-refractivity contribution in [1.82, 2.24) is 14.8 Å². The minimum atomic E-state index is -4.47. The van der Waals surface area contributed by atoms with Crippen molar-refractivity contribution < 1.29 is 22.7 Å². The Hall–Kier alpha value is -2.65. The smallest absolute Gasteiger partial charge is 0.417 e. The molecule has 6 nitrogen and oxygen atoms in total. The zero-order valence-corrected chi connectivity index (χ0v) is 19.9. The Bertz CT molecular complexity index is 1060. The van der Waals surface area contributed by atoms with Crippen LogP contribution in [0.2, 0.25) is 0 Å². The number of nitrogens with two attached hydrogens (primary N) is 1. The molecule has 0 unspecified atom stereocenters. The number of nitrogens with zero attached hydrogens (tertiary/aromatic N) is 3. The van der Waals surface area contributed by atoms with Crippen LogP contribution in [0.5, 0.6) is 5.75 Å². The molecule has 1 aromatic heterocycles. The molecule has 9 heteroatoms. The molecule has 2 aliphatic heterocycles. The molecular weight excluding hydrogens is 445 g/mol. The van der Waals surface area contributed by atoms with E-state index in [-0.39, 0.29) is 35.8 Å².